The zero-order valence-electron chi connectivity index (χ0n) is 15.8. The summed E-state index contributed by atoms with van der Waals surface area (Å²) in [5, 5.41) is 6.31. The number of amides is 2. The predicted octanol–water partition coefficient (Wildman–Crippen LogP) is 0.487. The van der Waals surface area contributed by atoms with E-state index in [1.165, 1.54) is 0 Å². The third kappa shape index (κ3) is 6.09. The topological polar surface area (TPSA) is 73.9 Å². The second kappa shape index (κ2) is 10.5. The molecule has 3 rings (SSSR count). The Hall–Kier alpha value is -1.83. The van der Waals surface area contributed by atoms with Gasteiger partial charge in [0.2, 0.25) is 11.8 Å². The second-order valence-corrected chi connectivity index (χ2v) is 6.91. The third-order valence-electron chi connectivity index (χ3n) is 5.05. The third-order valence-corrected chi connectivity index (χ3v) is 5.05. The van der Waals surface area contributed by atoms with Gasteiger partial charge in [0.25, 0.3) is 0 Å². The number of likely N-dealkylation sites (tertiary alicyclic amines) is 1. The largest absolute Gasteiger partial charge is 0.497 e. The average molecular weight is 397 g/mol. The normalized spacial score (nSPS) is 20.3. The van der Waals surface area contributed by atoms with Crippen LogP contribution in [0, 0.1) is 5.92 Å². The van der Waals surface area contributed by atoms with Crippen molar-refractivity contribution in [2.24, 2.45) is 5.92 Å². The summed E-state index contributed by atoms with van der Waals surface area (Å²) < 4.78 is 5.15. The van der Waals surface area contributed by atoms with Gasteiger partial charge in [-0.2, -0.15) is 0 Å². The Labute approximate surface area is 166 Å². The summed E-state index contributed by atoms with van der Waals surface area (Å²) in [6, 6.07) is 7.67. The predicted molar refractivity (Wildman–Crippen MR) is 106 cm³/mol. The first-order chi connectivity index (χ1) is 12.7. The number of carbonyl (C=O) groups excluding carboxylic acids is 2. The van der Waals surface area contributed by atoms with Crippen LogP contribution in [-0.4, -0.2) is 74.5 Å². The van der Waals surface area contributed by atoms with Crippen molar-refractivity contribution in [1.82, 2.24) is 20.4 Å². The second-order valence-electron chi connectivity index (χ2n) is 6.91. The fourth-order valence-electron chi connectivity index (χ4n) is 3.47. The molecule has 27 heavy (non-hydrogen) atoms. The summed E-state index contributed by atoms with van der Waals surface area (Å²) in [7, 11) is 1.63. The minimum absolute atomic E-state index is 0. The molecule has 150 valence electrons. The van der Waals surface area contributed by atoms with Crippen molar-refractivity contribution in [2.45, 2.75) is 13.0 Å². The van der Waals surface area contributed by atoms with Crippen LogP contribution in [0.1, 0.15) is 12.0 Å². The molecule has 1 aromatic carbocycles. The minimum Gasteiger partial charge on any atom is -0.497 e. The number of ether oxygens (including phenoxy) is 1. The number of methoxy groups -OCH3 is 1. The number of hydrogen-bond acceptors (Lipinski definition) is 5. The maximum absolute atomic E-state index is 12.4. The van der Waals surface area contributed by atoms with E-state index in [2.05, 4.69) is 15.5 Å². The van der Waals surface area contributed by atoms with E-state index in [1.807, 2.05) is 24.3 Å². The highest BCUT2D eigenvalue weighted by atomic mass is 35.5. The van der Waals surface area contributed by atoms with Crippen molar-refractivity contribution >= 4 is 24.2 Å². The molecule has 0 radical (unpaired) electrons. The summed E-state index contributed by atoms with van der Waals surface area (Å²) in [4.78, 5) is 28.7. The molecule has 2 saturated heterocycles. The van der Waals surface area contributed by atoms with E-state index in [0.717, 1.165) is 44.0 Å². The Balaban J connectivity index is 0.00000261. The van der Waals surface area contributed by atoms with E-state index >= 15 is 0 Å². The smallest absolute Gasteiger partial charge is 0.225 e. The average Bonchev–Trinajstić information content (AvgIpc) is 3.04. The van der Waals surface area contributed by atoms with Crippen LogP contribution in [-0.2, 0) is 16.1 Å². The number of hydrogen-bond donors (Lipinski definition) is 2. The quantitative estimate of drug-likeness (QED) is 0.701. The van der Waals surface area contributed by atoms with Gasteiger partial charge in [0.05, 0.1) is 13.0 Å². The Morgan fingerprint density at radius 2 is 1.96 bits per heavy atom. The zero-order chi connectivity index (χ0) is 18.4. The molecule has 2 aliphatic rings. The van der Waals surface area contributed by atoms with Gasteiger partial charge in [-0.3, -0.25) is 14.5 Å². The first kappa shape index (κ1) is 21.5. The highest BCUT2D eigenvalue weighted by Crippen LogP contribution is 2.21. The molecule has 2 fully saturated rings. The number of rotatable bonds is 7. The van der Waals surface area contributed by atoms with Crippen LogP contribution in [0.5, 0.6) is 5.75 Å². The van der Waals surface area contributed by atoms with E-state index in [-0.39, 0.29) is 30.1 Å². The van der Waals surface area contributed by atoms with E-state index < -0.39 is 0 Å². The lowest BCUT2D eigenvalue weighted by molar-refractivity contribution is -0.129. The maximum Gasteiger partial charge on any atom is 0.225 e. The van der Waals surface area contributed by atoms with Crippen LogP contribution in [0.2, 0.25) is 0 Å². The number of nitrogens with one attached hydrogen (secondary N) is 2. The fourth-order valence-corrected chi connectivity index (χ4v) is 3.47. The Morgan fingerprint density at radius 3 is 2.63 bits per heavy atom. The van der Waals surface area contributed by atoms with Crippen LogP contribution in [0.25, 0.3) is 0 Å². The molecule has 0 aromatic heterocycles. The van der Waals surface area contributed by atoms with E-state index in [0.29, 0.717) is 26.1 Å². The van der Waals surface area contributed by atoms with Gasteiger partial charge in [0.15, 0.2) is 0 Å². The zero-order valence-corrected chi connectivity index (χ0v) is 16.6. The number of benzene rings is 1. The molecule has 2 amide bonds. The first-order valence-electron chi connectivity index (χ1n) is 9.27. The molecule has 2 aliphatic heterocycles. The van der Waals surface area contributed by atoms with Crippen LogP contribution in [0.15, 0.2) is 24.3 Å². The summed E-state index contributed by atoms with van der Waals surface area (Å²) >= 11 is 0. The van der Waals surface area contributed by atoms with E-state index in [9.17, 15) is 9.59 Å². The van der Waals surface area contributed by atoms with Gasteiger partial charge in [0, 0.05) is 58.8 Å². The van der Waals surface area contributed by atoms with Gasteiger partial charge in [-0.05, 0) is 17.7 Å². The van der Waals surface area contributed by atoms with Crippen LogP contribution in [0.4, 0.5) is 0 Å². The fraction of sp³-hybridized carbons (Fsp3) is 0.579. The molecule has 8 heteroatoms. The lowest BCUT2D eigenvalue weighted by Gasteiger charge is -2.27. The molecule has 1 aromatic rings. The molecule has 0 spiro atoms. The van der Waals surface area contributed by atoms with Crippen molar-refractivity contribution in [2.75, 3.05) is 52.9 Å². The van der Waals surface area contributed by atoms with Crippen LogP contribution in [0.3, 0.4) is 0 Å². The molecule has 7 nitrogen and oxygen atoms in total. The molecular formula is C19H29ClN4O3. The van der Waals surface area contributed by atoms with Crippen molar-refractivity contribution in [3.63, 3.8) is 0 Å². The molecule has 1 unspecified atom stereocenters. The SMILES string of the molecule is COc1ccc(CN2CC(C(=O)NCCN3CCNCC3)CC2=O)cc1.Cl. The van der Waals surface area contributed by atoms with Gasteiger partial charge in [-0.25, -0.2) is 0 Å². The molecule has 0 aliphatic carbocycles. The molecular weight excluding hydrogens is 368 g/mol. The lowest BCUT2D eigenvalue weighted by atomic mass is 10.1. The molecule has 1 atom stereocenters. The maximum atomic E-state index is 12.4. The first-order valence-corrected chi connectivity index (χ1v) is 9.27. The van der Waals surface area contributed by atoms with Crippen LogP contribution < -0.4 is 15.4 Å². The molecule has 0 bridgehead atoms. The molecule has 2 N–H and O–H groups in total. The monoisotopic (exact) mass is 396 g/mol. The number of nitrogens with zero attached hydrogens (tertiary/aromatic N) is 2. The van der Waals surface area contributed by atoms with Gasteiger partial charge in [-0.1, -0.05) is 12.1 Å². The van der Waals surface area contributed by atoms with E-state index in [4.69, 9.17) is 4.74 Å². The summed E-state index contributed by atoms with van der Waals surface area (Å²) in [5.74, 6) is 0.584. The standard InChI is InChI=1S/C19H28N4O3.ClH/c1-26-17-4-2-15(3-5-17)13-23-14-16(12-18(23)24)19(25)21-8-11-22-9-6-20-7-10-22;/h2-5,16,20H,6-14H2,1H3,(H,21,25);1H. The van der Waals surface area contributed by atoms with Gasteiger partial charge in [-0.15, -0.1) is 12.4 Å². The number of carbonyl (C=O) groups is 2. The van der Waals surface area contributed by atoms with Crippen molar-refractivity contribution in [3.05, 3.63) is 29.8 Å². The van der Waals surface area contributed by atoms with Gasteiger partial charge >= 0.3 is 0 Å². The lowest BCUT2D eigenvalue weighted by Crippen LogP contribution is -2.46. The van der Waals surface area contributed by atoms with Gasteiger partial charge < -0.3 is 20.3 Å². The Kier molecular flexibility index (Phi) is 8.34. The number of piperazine rings is 1. The van der Waals surface area contributed by atoms with Crippen molar-refractivity contribution in [1.29, 1.82) is 0 Å². The minimum atomic E-state index is -0.247. The van der Waals surface area contributed by atoms with E-state index in [1.54, 1.807) is 12.0 Å². The Morgan fingerprint density at radius 1 is 1.26 bits per heavy atom. The highest BCUT2D eigenvalue weighted by Gasteiger charge is 2.34. The Bertz CT molecular complexity index is 620. The molecule has 2 heterocycles. The summed E-state index contributed by atoms with van der Waals surface area (Å²) in [5.41, 5.74) is 1.04. The number of halogens is 1. The van der Waals surface area contributed by atoms with Crippen LogP contribution >= 0.6 is 12.4 Å². The molecule has 0 saturated carbocycles. The van der Waals surface area contributed by atoms with Crippen molar-refractivity contribution < 1.29 is 14.3 Å². The van der Waals surface area contributed by atoms with Crippen molar-refractivity contribution in [3.8, 4) is 5.75 Å². The van der Waals surface area contributed by atoms with Gasteiger partial charge in [0.1, 0.15) is 5.75 Å². The summed E-state index contributed by atoms with van der Waals surface area (Å²) in [6.07, 6.45) is 0.301. The summed E-state index contributed by atoms with van der Waals surface area (Å²) in [6.45, 7) is 6.58. The highest BCUT2D eigenvalue weighted by molar-refractivity contribution is 5.89.